The monoisotopic (exact) mass is 366 g/mol. The van der Waals surface area contributed by atoms with Crippen LogP contribution >= 0.6 is 0 Å². The first-order valence-corrected chi connectivity index (χ1v) is 7.74. The molecular formula is C18H20F2N2O4. The van der Waals surface area contributed by atoms with Crippen LogP contribution in [0.4, 0.5) is 20.2 Å². The molecule has 2 aromatic carbocycles. The van der Waals surface area contributed by atoms with Gasteiger partial charge in [0.05, 0.1) is 20.8 Å². The molecule has 0 saturated carbocycles. The van der Waals surface area contributed by atoms with Crippen molar-refractivity contribution in [2.45, 2.75) is 13.5 Å². The van der Waals surface area contributed by atoms with Crippen molar-refractivity contribution in [1.29, 1.82) is 0 Å². The maximum absolute atomic E-state index is 12.1. The van der Waals surface area contributed by atoms with Crippen LogP contribution in [-0.2, 0) is 4.79 Å². The molecular weight excluding hydrogens is 346 g/mol. The zero-order valence-corrected chi connectivity index (χ0v) is 14.6. The Bertz CT molecular complexity index is 752. The zero-order valence-electron chi connectivity index (χ0n) is 14.6. The lowest BCUT2D eigenvalue weighted by Gasteiger charge is -2.14. The van der Waals surface area contributed by atoms with E-state index in [1.54, 1.807) is 19.2 Å². The first kappa shape index (κ1) is 19.3. The number of amides is 1. The third-order valence-corrected chi connectivity index (χ3v) is 3.53. The van der Waals surface area contributed by atoms with Crippen molar-refractivity contribution in [2.75, 3.05) is 31.4 Å². The summed E-state index contributed by atoms with van der Waals surface area (Å²) in [7, 11) is 3.08. The molecule has 0 heterocycles. The van der Waals surface area contributed by atoms with Gasteiger partial charge in [0, 0.05) is 17.4 Å². The summed E-state index contributed by atoms with van der Waals surface area (Å²) in [5.74, 6) is 0.889. The molecule has 0 bridgehead atoms. The van der Waals surface area contributed by atoms with Gasteiger partial charge >= 0.3 is 6.61 Å². The average molecular weight is 366 g/mol. The third kappa shape index (κ3) is 5.23. The maximum atomic E-state index is 12.1. The maximum Gasteiger partial charge on any atom is 0.387 e. The first-order valence-electron chi connectivity index (χ1n) is 7.74. The Kier molecular flexibility index (Phi) is 6.60. The molecule has 0 spiro atoms. The quantitative estimate of drug-likeness (QED) is 0.746. The number of anilines is 2. The number of benzene rings is 2. The number of aryl methyl sites for hydroxylation is 1. The summed E-state index contributed by atoms with van der Waals surface area (Å²) in [6.07, 6.45) is 0. The van der Waals surface area contributed by atoms with Crippen molar-refractivity contribution < 1.29 is 27.8 Å². The number of halogens is 2. The van der Waals surface area contributed by atoms with E-state index in [-0.39, 0.29) is 18.2 Å². The van der Waals surface area contributed by atoms with Crippen LogP contribution in [0.15, 0.2) is 36.4 Å². The van der Waals surface area contributed by atoms with Crippen LogP contribution < -0.4 is 24.8 Å². The number of alkyl halides is 2. The second-order valence-corrected chi connectivity index (χ2v) is 5.33. The highest BCUT2D eigenvalue weighted by Gasteiger charge is 2.10. The lowest BCUT2D eigenvalue weighted by Crippen LogP contribution is -2.22. The second-order valence-electron chi connectivity index (χ2n) is 5.33. The van der Waals surface area contributed by atoms with E-state index >= 15 is 0 Å². The summed E-state index contributed by atoms with van der Waals surface area (Å²) in [6, 6.07) is 9.23. The number of methoxy groups -OCH3 is 2. The van der Waals surface area contributed by atoms with Gasteiger partial charge in [0.2, 0.25) is 5.91 Å². The minimum atomic E-state index is -2.88. The van der Waals surface area contributed by atoms with E-state index in [2.05, 4.69) is 15.4 Å². The number of hydrogen-bond acceptors (Lipinski definition) is 5. The van der Waals surface area contributed by atoms with Crippen LogP contribution in [0.2, 0.25) is 0 Å². The normalized spacial score (nSPS) is 10.4. The molecule has 0 saturated heterocycles. The minimum absolute atomic E-state index is 0.0195. The largest absolute Gasteiger partial charge is 0.493 e. The Balaban J connectivity index is 1.94. The van der Waals surface area contributed by atoms with Gasteiger partial charge in [-0.1, -0.05) is 0 Å². The van der Waals surface area contributed by atoms with Gasteiger partial charge in [0.15, 0.2) is 11.5 Å². The van der Waals surface area contributed by atoms with E-state index in [1.807, 2.05) is 6.92 Å². The second kappa shape index (κ2) is 8.89. The summed E-state index contributed by atoms with van der Waals surface area (Å²) in [5.41, 5.74) is 2.10. The summed E-state index contributed by atoms with van der Waals surface area (Å²) in [6.45, 7) is -0.986. The molecule has 8 heteroatoms. The van der Waals surface area contributed by atoms with E-state index in [0.29, 0.717) is 17.2 Å². The molecule has 0 atom stereocenters. The van der Waals surface area contributed by atoms with Crippen LogP contribution in [0.5, 0.6) is 17.2 Å². The summed E-state index contributed by atoms with van der Waals surface area (Å²) in [4.78, 5) is 12.1. The lowest BCUT2D eigenvalue weighted by molar-refractivity contribution is -0.114. The number of ether oxygens (including phenoxy) is 3. The molecule has 0 fully saturated rings. The van der Waals surface area contributed by atoms with E-state index < -0.39 is 6.61 Å². The van der Waals surface area contributed by atoms with E-state index in [0.717, 1.165) is 11.3 Å². The minimum Gasteiger partial charge on any atom is -0.493 e. The van der Waals surface area contributed by atoms with Crippen molar-refractivity contribution in [2.24, 2.45) is 0 Å². The van der Waals surface area contributed by atoms with Gasteiger partial charge in [0.25, 0.3) is 0 Å². The predicted octanol–water partition coefficient (Wildman–Crippen LogP) is 3.66. The molecule has 0 aliphatic carbocycles. The highest BCUT2D eigenvalue weighted by Crippen LogP contribution is 2.32. The molecule has 2 N–H and O–H groups in total. The molecule has 0 aliphatic heterocycles. The summed E-state index contributed by atoms with van der Waals surface area (Å²) < 4.78 is 38.9. The number of nitrogens with one attached hydrogen (secondary N) is 2. The van der Waals surface area contributed by atoms with Crippen molar-refractivity contribution in [3.63, 3.8) is 0 Å². The molecule has 2 aromatic rings. The molecule has 6 nitrogen and oxygen atoms in total. The highest BCUT2D eigenvalue weighted by molar-refractivity contribution is 5.93. The van der Waals surface area contributed by atoms with Crippen molar-refractivity contribution >= 4 is 17.3 Å². The molecule has 0 unspecified atom stereocenters. The lowest BCUT2D eigenvalue weighted by atomic mass is 10.1. The van der Waals surface area contributed by atoms with Gasteiger partial charge in [-0.15, -0.1) is 0 Å². The number of carbonyl (C=O) groups is 1. The predicted molar refractivity (Wildman–Crippen MR) is 94.5 cm³/mol. The first-order chi connectivity index (χ1) is 12.4. The van der Waals surface area contributed by atoms with Gasteiger partial charge < -0.3 is 24.8 Å². The zero-order chi connectivity index (χ0) is 19.1. The fourth-order valence-corrected chi connectivity index (χ4v) is 2.27. The SMILES string of the molecule is COc1cc(C)c(NCC(=O)Nc2ccc(OC(F)F)cc2)cc1OC. The smallest absolute Gasteiger partial charge is 0.387 e. The van der Waals surface area contributed by atoms with Crippen LogP contribution in [0, 0.1) is 6.92 Å². The summed E-state index contributed by atoms with van der Waals surface area (Å²) in [5, 5.41) is 5.69. The van der Waals surface area contributed by atoms with E-state index in [1.165, 1.54) is 31.4 Å². The molecule has 140 valence electrons. The Labute approximate surface area is 150 Å². The van der Waals surface area contributed by atoms with Crippen LogP contribution in [0.25, 0.3) is 0 Å². The highest BCUT2D eigenvalue weighted by atomic mass is 19.3. The van der Waals surface area contributed by atoms with Crippen LogP contribution in [0.3, 0.4) is 0 Å². The molecule has 0 aliphatic rings. The number of hydrogen-bond donors (Lipinski definition) is 2. The average Bonchev–Trinajstić information content (AvgIpc) is 2.61. The topological polar surface area (TPSA) is 68.8 Å². The van der Waals surface area contributed by atoms with Crippen molar-refractivity contribution in [1.82, 2.24) is 0 Å². The van der Waals surface area contributed by atoms with E-state index in [4.69, 9.17) is 9.47 Å². The molecule has 2 rings (SSSR count). The third-order valence-electron chi connectivity index (χ3n) is 3.53. The molecule has 0 aromatic heterocycles. The van der Waals surface area contributed by atoms with Gasteiger partial charge in [-0.25, -0.2) is 0 Å². The number of carbonyl (C=O) groups excluding carboxylic acids is 1. The summed E-state index contributed by atoms with van der Waals surface area (Å²) >= 11 is 0. The fraction of sp³-hybridized carbons (Fsp3) is 0.278. The Morgan fingerprint density at radius 3 is 2.27 bits per heavy atom. The van der Waals surface area contributed by atoms with Gasteiger partial charge in [-0.05, 0) is 42.8 Å². The number of rotatable bonds is 8. The van der Waals surface area contributed by atoms with E-state index in [9.17, 15) is 13.6 Å². The molecule has 26 heavy (non-hydrogen) atoms. The molecule has 1 amide bonds. The van der Waals surface area contributed by atoms with Gasteiger partial charge in [-0.3, -0.25) is 4.79 Å². The van der Waals surface area contributed by atoms with Gasteiger partial charge in [0.1, 0.15) is 5.75 Å². The Morgan fingerprint density at radius 2 is 1.69 bits per heavy atom. The van der Waals surface area contributed by atoms with Crippen molar-refractivity contribution in [3.05, 3.63) is 42.0 Å². The Hall–Kier alpha value is -3.03. The molecule has 0 radical (unpaired) electrons. The van der Waals surface area contributed by atoms with Crippen LogP contribution in [-0.4, -0.2) is 33.3 Å². The Morgan fingerprint density at radius 1 is 1.08 bits per heavy atom. The standard InChI is InChI=1S/C18H20F2N2O4/c1-11-8-15(24-2)16(25-3)9-14(11)21-10-17(23)22-12-4-6-13(7-5-12)26-18(19)20/h4-9,18,21H,10H2,1-3H3,(H,22,23). The van der Waals surface area contributed by atoms with Crippen LogP contribution in [0.1, 0.15) is 5.56 Å². The van der Waals surface area contributed by atoms with Crippen molar-refractivity contribution in [3.8, 4) is 17.2 Å². The van der Waals surface area contributed by atoms with Gasteiger partial charge in [-0.2, -0.15) is 8.78 Å². The fourth-order valence-electron chi connectivity index (χ4n) is 2.27.